The first kappa shape index (κ1) is 21.5. The van der Waals surface area contributed by atoms with E-state index in [-0.39, 0.29) is 12.5 Å². The minimum absolute atomic E-state index is 0.00423. The lowest BCUT2D eigenvalue weighted by Crippen LogP contribution is -2.30. The number of aliphatic imine (C=N–C) groups is 1. The van der Waals surface area contributed by atoms with Crippen LogP contribution in [0, 0.1) is 5.92 Å². The minimum atomic E-state index is -4.11. The molecule has 2 aliphatic rings. The van der Waals surface area contributed by atoms with E-state index < -0.39 is 12.6 Å². The number of hydrogen-bond donors (Lipinski definition) is 0. The molecule has 5 heteroatoms. The maximum atomic E-state index is 12.5. The van der Waals surface area contributed by atoms with E-state index in [9.17, 15) is 13.2 Å². The molecule has 1 unspecified atom stereocenters. The molecule has 0 spiro atoms. The zero-order valence-corrected chi connectivity index (χ0v) is 16.2. The van der Waals surface area contributed by atoms with Crippen molar-refractivity contribution in [1.29, 1.82) is 0 Å². The largest absolute Gasteiger partial charge is 0.389 e. The van der Waals surface area contributed by atoms with Gasteiger partial charge in [0.05, 0.1) is 0 Å². The summed E-state index contributed by atoms with van der Waals surface area (Å²) in [6.07, 6.45) is 10.1. The second kappa shape index (κ2) is 11.1. The lowest BCUT2D eigenvalue weighted by Gasteiger charge is -2.27. The van der Waals surface area contributed by atoms with Crippen LogP contribution in [0.2, 0.25) is 0 Å². The zero-order chi connectivity index (χ0) is 18.8. The van der Waals surface area contributed by atoms with Gasteiger partial charge >= 0.3 is 6.18 Å². The summed E-state index contributed by atoms with van der Waals surface area (Å²) in [7, 11) is 0. The van der Waals surface area contributed by atoms with Crippen molar-refractivity contribution in [3.8, 4) is 0 Å². The van der Waals surface area contributed by atoms with Crippen LogP contribution in [-0.2, 0) is 0 Å². The molecule has 2 rings (SSSR count). The number of rotatable bonds is 5. The van der Waals surface area contributed by atoms with E-state index in [0.717, 1.165) is 44.8 Å². The van der Waals surface area contributed by atoms with Crippen molar-refractivity contribution >= 4 is 5.71 Å². The Kier molecular flexibility index (Phi) is 9.17. The molecule has 0 N–H and O–H groups in total. The molecule has 1 atom stereocenters. The van der Waals surface area contributed by atoms with Crippen LogP contribution in [0.25, 0.3) is 0 Å². The predicted octanol–water partition coefficient (Wildman–Crippen LogP) is 6.17. The minimum Gasteiger partial charge on any atom is -0.303 e. The van der Waals surface area contributed by atoms with E-state index in [0.29, 0.717) is 5.71 Å². The summed E-state index contributed by atoms with van der Waals surface area (Å²) in [5, 5.41) is 0. The monoisotopic (exact) mass is 372 g/mol. The van der Waals surface area contributed by atoms with Gasteiger partial charge in [-0.25, -0.2) is 0 Å². The van der Waals surface area contributed by atoms with Gasteiger partial charge in [0.2, 0.25) is 0 Å². The first-order valence-corrected chi connectivity index (χ1v) is 10.4. The van der Waals surface area contributed by atoms with Crippen LogP contribution in [-0.4, -0.2) is 42.5 Å². The van der Waals surface area contributed by atoms with Gasteiger partial charge in [0, 0.05) is 24.7 Å². The molecule has 0 saturated heterocycles. The SMILES string of the molecule is CC1CCN(CCC2CCCCC2)CCC/C=C\C(CCC(F)(F)F)=N/1. The summed E-state index contributed by atoms with van der Waals surface area (Å²) in [4.78, 5) is 7.12. The van der Waals surface area contributed by atoms with Crippen LogP contribution in [0.3, 0.4) is 0 Å². The maximum absolute atomic E-state index is 12.5. The molecule has 1 aliphatic carbocycles. The second-order valence-corrected chi connectivity index (χ2v) is 8.05. The third kappa shape index (κ3) is 9.20. The first-order chi connectivity index (χ1) is 12.4. The van der Waals surface area contributed by atoms with Gasteiger partial charge in [0.15, 0.2) is 0 Å². The number of allylic oxidation sites excluding steroid dienone is 2. The van der Waals surface area contributed by atoms with Crippen molar-refractivity contribution in [2.45, 2.75) is 89.8 Å². The fraction of sp³-hybridized carbons (Fsp3) is 0.857. The number of alkyl halides is 3. The standard InChI is InChI=1S/C21H35F3N2/c1-18-12-16-26(17-13-19-8-4-2-5-9-19)15-7-3-6-10-20(25-18)11-14-21(22,23)24/h6,10,18-19H,2-5,7-9,11-17H2,1H3/b10-6-,25-20+. The molecule has 1 saturated carbocycles. The van der Waals surface area contributed by atoms with E-state index in [1.54, 1.807) is 0 Å². The molecule has 0 bridgehead atoms. The first-order valence-electron chi connectivity index (χ1n) is 10.4. The van der Waals surface area contributed by atoms with E-state index in [1.807, 2.05) is 19.1 Å². The van der Waals surface area contributed by atoms with Crippen LogP contribution in [0.4, 0.5) is 13.2 Å². The highest BCUT2D eigenvalue weighted by atomic mass is 19.4. The van der Waals surface area contributed by atoms with Gasteiger partial charge < -0.3 is 4.90 Å². The van der Waals surface area contributed by atoms with Crippen molar-refractivity contribution in [3.63, 3.8) is 0 Å². The molecule has 0 aromatic heterocycles. The van der Waals surface area contributed by atoms with Crippen LogP contribution < -0.4 is 0 Å². The van der Waals surface area contributed by atoms with Crippen LogP contribution in [0.1, 0.15) is 77.6 Å². The molecule has 1 aliphatic heterocycles. The van der Waals surface area contributed by atoms with E-state index in [2.05, 4.69) is 9.89 Å². The highest BCUT2D eigenvalue weighted by Gasteiger charge is 2.27. The molecule has 1 heterocycles. The fourth-order valence-corrected chi connectivity index (χ4v) is 4.01. The third-order valence-corrected chi connectivity index (χ3v) is 5.65. The number of halogens is 3. The summed E-state index contributed by atoms with van der Waals surface area (Å²) in [6.45, 7) is 5.27. The van der Waals surface area contributed by atoms with Crippen molar-refractivity contribution in [3.05, 3.63) is 12.2 Å². The highest BCUT2D eigenvalue weighted by Crippen LogP contribution is 2.26. The normalized spacial score (nSPS) is 28.2. The molecule has 26 heavy (non-hydrogen) atoms. The van der Waals surface area contributed by atoms with Crippen LogP contribution >= 0.6 is 0 Å². The van der Waals surface area contributed by atoms with Gasteiger partial charge in [-0.05, 0) is 64.1 Å². The summed E-state index contributed by atoms with van der Waals surface area (Å²) in [5.41, 5.74) is 0.602. The van der Waals surface area contributed by atoms with Crippen molar-refractivity contribution in [1.82, 2.24) is 4.90 Å². The summed E-state index contributed by atoms with van der Waals surface area (Å²) >= 11 is 0. The second-order valence-electron chi connectivity index (χ2n) is 8.05. The van der Waals surface area contributed by atoms with Gasteiger partial charge in [-0.3, -0.25) is 4.99 Å². The molecular formula is C21H35F3N2. The molecular weight excluding hydrogens is 337 g/mol. The lowest BCUT2D eigenvalue weighted by molar-refractivity contribution is -0.132. The van der Waals surface area contributed by atoms with Crippen molar-refractivity contribution in [2.24, 2.45) is 10.9 Å². The Labute approximate surface area is 156 Å². The van der Waals surface area contributed by atoms with E-state index in [1.165, 1.54) is 38.5 Å². The highest BCUT2D eigenvalue weighted by molar-refractivity contribution is 5.95. The summed E-state index contributed by atoms with van der Waals surface area (Å²) in [5.74, 6) is 0.895. The van der Waals surface area contributed by atoms with Gasteiger partial charge in [0.1, 0.15) is 0 Å². The Morgan fingerprint density at radius 2 is 1.85 bits per heavy atom. The summed E-state index contributed by atoms with van der Waals surface area (Å²) in [6, 6.07) is 0.0816. The third-order valence-electron chi connectivity index (χ3n) is 5.65. The molecule has 0 aromatic rings. The number of hydrogen-bond acceptors (Lipinski definition) is 2. The molecule has 0 radical (unpaired) electrons. The Hall–Kier alpha value is -0.840. The van der Waals surface area contributed by atoms with Gasteiger partial charge in [-0.15, -0.1) is 0 Å². The van der Waals surface area contributed by atoms with Crippen molar-refractivity contribution < 1.29 is 13.2 Å². The Balaban J connectivity index is 1.84. The lowest BCUT2D eigenvalue weighted by atomic mass is 9.87. The van der Waals surface area contributed by atoms with Crippen LogP contribution in [0.15, 0.2) is 17.1 Å². The molecule has 2 nitrogen and oxygen atoms in total. The Bertz CT molecular complexity index is 451. The van der Waals surface area contributed by atoms with Crippen molar-refractivity contribution in [2.75, 3.05) is 19.6 Å². The van der Waals surface area contributed by atoms with E-state index in [4.69, 9.17) is 0 Å². The average Bonchev–Trinajstić information content (AvgIpc) is 2.64. The number of nitrogens with zero attached hydrogens (tertiary/aromatic N) is 2. The molecule has 150 valence electrons. The van der Waals surface area contributed by atoms with E-state index >= 15 is 0 Å². The molecule has 0 amide bonds. The van der Waals surface area contributed by atoms with Crippen LogP contribution in [0.5, 0.6) is 0 Å². The molecule has 1 fully saturated rings. The van der Waals surface area contributed by atoms with Gasteiger partial charge in [0.25, 0.3) is 0 Å². The smallest absolute Gasteiger partial charge is 0.303 e. The zero-order valence-electron chi connectivity index (χ0n) is 16.2. The topological polar surface area (TPSA) is 15.6 Å². The summed E-state index contributed by atoms with van der Waals surface area (Å²) < 4.78 is 37.5. The fourth-order valence-electron chi connectivity index (χ4n) is 4.01. The Morgan fingerprint density at radius 1 is 1.08 bits per heavy atom. The molecule has 0 aromatic carbocycles. The van der Waals surface area contributed by atoms with Gasteiger partial charge in [-0.2, -0.15) is 13.2 Å². The predicted molar refractivity (Wildman–Crippen MR) is 103 cm³/mol. The maximum Gasteiger partial charge on any atom is 0.389 e. The average molecular weight is 373 g/mol. The Morgan fingerprint density at radius 3 is 2.58 bits per heavy atom. The quantitative estimate of drug-likeness (QED) is 0.563. The van der Waals surface area contributed by atoms with Gasteiger partial charge in [-0.1, -0.05) is 38.2 Å².